The molecule has 0 aromatic heterocycles. The van der Waals surface area contributed by atoms with Crippen LogP contribution in [-0.4, -0.2) is 31.2 Å². The fourth-order valence-corrected chi connectivity index (χ4v) is 1.07. The molecule has 1 rings (SSSR count). The summed E-state index contributed by atoms with van der Waals surface area (Å²) in [4.78, 5) is 0. The largest absolute Gasteiger partial charge is 0.394 e. The van der Waals surface area contributed by atoms with Crippen LogP contribution in [-0.2, 0) is 9.47 Å². The van der Waals surface area contributed by atoms with Gasteiger partial charge < -0.3 is 14.6 Å². The molecule has 0 spiro atoms. The van der Waals surface area contributed by atoms with E-state index in [0.29, 0.717) is 0 Å². The molecule has 1 N–H and O–H groups in total. The van der Waals surface area contributed by atoms with Crippen molar-refractivity contribution in [3.05, 3.63) is 12.2 Å². The summed E-state index contributed by atoms with van der Waals surface area (Å²) in [5, 5.41) is 8.86. The van der Waals surface area contributed by atoms with E-state index in [0.717, 1.165) is 0 Å². The van der Waals surface area contributed by atoms with Crippen LogP contribution in [0.4, 0.5) is 0 Å². The molecule has 0 aromatic carbocycles. The standard InChI is InChI=1S/C8H14O3/c1-6-3-4-8(10-2)11-7(6)5-9/h3-4,6-9H,5H2,1-2H3. The third kappa shape index (κ3) is 2.02. The Labute approximate surface area is 66.6 Å². The van der Waals surface area contributed by atoms with Crippen molar-refractivity contribution >= 4 is 0 Å². The van der Waals surface area contributed by atoms with Gasteiger partial charge in [0.2, 0.25) is 0 Å². The first kappa shape index (κ1) is 8.71. The molecule has 0 bridgehead atoms. The van der Waals surface area contributed by atoms with E-state index in [1.54, 1.807) is 7.11 Å². The van der Waals surface area contributed by atoms with Crippen molar-refractivity contribution in [2.24, 2.45) is 5.92 Å². The lowest BCUT2D eigenvalue weighted by Gasteiger charge is -2.28. The van der Waals surface area contributed by atoms with Gasteiger partial charge in [-0.25, -0.2) is 0 Å². The molecule has 11 heavy (non-hydrogen) atoms. The minimum absolute atomic E-state index is 0.0470. The van der Waals surface area contributed by atoms with Gasteiger partial charge in [-0.2, -0.15) is 0 Å². The number of methoxy groups -OCH3 is 1. The first-order chi connectivity index (χ1) is 5.27. The second-order valence-electron chi connectivity index (χ2n) is 2.71. The van der Waals surface area contributed by atoms with Crippen LogP contribution >= 0.6 is 0 Å². The van der Waals surface area contributed by atoms with Crippen LogP contribution in [0.2, 0.25) is 0 Å². The Balaban J connectivity index is 2.52. The summed E-state index contributed by atoms with van der Waals surface area (Å²) in [6.45, 7) is 2.05. The molecule has 3 atom stereocenters. The second kappa shape index (κ2) is 3.85. The lowest BCUT2D eigenvalue weighted by atomic mass is 10.0. The Morgan fingerprint density at radius 2 is 2.27 bits per heavy atom. The van der Waals surface area contributed by atoms with E-state index in [1.807, 2.05) is 19.1 Å². The lowest BCUT2D eigenvalue weighted by Crippen LogP contribution is -2.33. The first-order valence-corrected chi connectivity index (χ1v) is 3.75. The molecule has 3 heteroatoms. The van der Waals surface area contributed by atoms with E-state index in [-0.39, 0.29) is 24.9 Å². The van der Waals surface area contributed by atoms with Crippen molar-refractivity contribution in [1.29, 1.82) is 0 Å². The third-order valence-corrected chi connectivity index (χ3v) is 1.88. The Kier molecular flexibility index (Phi) is 3.05. The van der Waals surface area contributed by atoms with Crippen molar-refractivity contribution < 1.29 is 14.6 Å². The predicted molar refractivity (Wildman–Crippen MR) is 41.1 cm³/mol. The topological polar surface area (TPSA) is 38.7 Å². The monoisotopic (exact) mass is 158 g/mol. The predicted octanol–water partition coefficient (Wildman–Crippen LogP) is 0.542. The Hall–Kier alpha value is -0.380. The number of ether oxygens (including phenoxy) is 2. The normalized spacial score (nSPS) is 37.5. The van der Waals surface area contributed by atoms with Crippen molar-refractivity contribution in [1.82, 2.24) is 0 Å². The van der Waals surface area contributed by atoms with Crippen molar-refractivity contribution in [2.45, 2.75) is 19.3 Å². The van der Waals surface area contributed by atoms with E-state index >= 15 is 0 Å². The third-order valence-electron chi connectivity index (χ3n) is 1.88. The highest BCUT2D eigenvalue weighted by Crippen LogP contribution is 2.17. The van der Waals surface area contributed by atoms with Gasteiger partial charge in [-0.1, -0.05) is 13.0 Å². The van der Waals surface area contributed by atoms with E-state index in [9.17, 15) is 0 Å². The summed E-state index contributed by atoms with van der Waals surface area (Å²) in [5.74, 6) is 0.270. The summed E-state index contributed by atoms with van der Waals surface area (Å²) < 4.78 is 10.3. The molecule has 0 amide bonds. The van der Waals surface area contributed by atoms with E-state index in [2.05, 4.69) is 0 Å². The Morgan fingerprint density at radius 1 is 1.55 bits per heavy atom. The van der Waals surface area contributed by atoms with Gasteiger partial charge in [0.25, 0.3) is 0 Å². The molecule has 1 aliphatic rings. The van der Waals surface area contributed by atoms with E-state index < -0.39 is 0 Å². The molecule has 0 aromatic rings. The maximum absolute atomic E-state index is 8.86. The average molecular weight is 158 g/mol. The number of aliphatic hydroxyl groups excluding tert-OH is 1. The van der Waals surface area contributed by atoms with Crippen LogP contribution in [0.3, 0.4) is 0 Å². The van der Waals surface area contributed by atoms with Crippen LogP contribution in [0.25, 0.3) is 0 Å². The number of rotatable bonds is 2. The maximum Gasteiger partial charge on any atom is 0.176 e. The van der Waals surface area contributed by atoms with Gasteiger partial charge in [0.15, 0.2) is 6.29 Å². The SMILES string of the molecule is COC1C=CC(C)C(CO)O1. The van der Waals surface area contributed by atoms with Gasteiger partial charge in [0.05, 0.1) is 12.7 Å². The minimum atomic E-state index is -0.289. The molecule has 3 unspecified atom stereocenters. The number of aliphatic hydroxyl groups is 1. The average Bonchev–Trinajstić information content (AvgIpc) is 2.05. The molecule has 1 aliphatic heterocycles. The molecule has 64 valence electrons. The quantitative estimate of drug-likeness (QED) is 0.596. The Bertz CT molecular complexity index is 144. The highest BCUT2D eigenvalue weighted by molar-refractivity contribution is 4.97. The fourth-order valence-electron chi connectivity index (χ4n) is 1.07. The van der Waals surface area contributed by atoms with Crippen LogP contribution < -0.4 is 0 Å². The highest BCUT2D eigenvalue weighted by atomic mass is 16.7. The lowest BCUT2D eigenvalue weighted by molar-refractivity contribution is -0.153. The van der Waals surface area contributed by atoms with Crippen molar-refractivity contribution in [2.75, 3.05) is 13.7 Å². The molecule has 3 nitrogen and oxygen atoms in total. The van der Waals surface area contributed by atoms with Gasteiger partial charge in [-0.05, 0) is 6.08 Å². The zero-order valence-corrected chi connectivity index (χ0v) is 6.86. The molecule has 0 aliphatic carbocycles. The molecule has 0 fully saturated rings. The molecule has 0 radical (unpaired) electrons. The molecular weight excluding hydrogens is 144 g/mol. The van der Waals surface area contributed by atoms with Gasteiger partial charge in [-0.3, -0.25) is 0 Å². The Morgan fingerprint density at radius 3 is 2.82 bits per heavy atom. The summed E-state index contributed by atoms with van der Waals surface area (Å²) in [6, 6.07) is 0. The number of hydrogen-bond donors (Lipinski definition) is 1. The maximum atomic E-state index is 8.86. The van der Waals surface area contributed by atoms with Gasteiger partial charge in [0.1, 0.15) is 0 Å². The van der Waals surface area contributed by atoms with E-state index in [4.69, 9.17) is 14.6 Å². The first-order valence-electron chi connectivity index (χ1n) is 3.75. The summed E-state index contributed by atoms with van der Waals surface area (Å²) in [6.07, 6.45) is 3.45. The molecular formula is C8H14O3. The van der Waals surface area contributed by atoms with E-state index in [1.165, 1.54) is 0 Å². The van der Waals surface area contributed by atoms with Crippen LogP contribution in [0.15, 0.2) is 12.2 Å². The zero-order chi connectivity index (χ0) is 8.27. The summed E-state index contributed by atoms with van der Waals surface area (Å²) in [7, 11) is 1.58. The molecule has 0 saturated heterocycles. The molecule has 1 heterocycles. The van der Waals surface area contributed by atoms with Crippen LogP contribution in [0, 0.1) is 5.92 Å². The van der Waals surface area contributed by atoms with Gasteiger partial charge in [0, 0.05) is 13.0 Å². The number of hydrogen-bond acceptors (Lipinski definition) is 3. The summed E-state index contributed by atoms with van der Waals surface area (Å²) in [5.41, 5.74) is 0. The molecule has 0 saturated carbocycles. The minimum Gasteiger partial charge on any atom is -0.394 e. The smallest absolute Gasteiger partial charge is 0.176 e. The van der Waals surface area contributed by atoms with Crippen molar-refractivity contribution in [3.8, 4) is 0 Å². The fraction of sp³-hybridized carbons (Fsp3) is 0.750. The van der Waals surface area contributed by atoms with Gasteiger partial charge >= 0.3 is 0 Å². The van der Waals surface area contributed by atoms with Gasteiger partial charge in [-0.15, -0.1) is 0 Å². The van der Waals surface area contributed by atoms with Crippen molar-refractivity contribution in [3.63, 3.8) is 0 Å². The highest BCUT2D eigenvalue weighted by Gasteiger charge is 2.22. The van der Waals surface area contributed by atoms with Crippen LogP contribution in [0.5, 0.6) is 0 Å². The van der Waals surface area contributed by atoms with Crippen LogP contribution in [0.1, 0.15) is 6.92 Å². The summed E-state index contributed by atoms with van der Waals surface area (Å²) >= 11 is 0. The zero-order valence-electron chi connectivity index (χ0n) is 6.86. The second-order valence-corrected chi connectivity index (χ2v) is 2.71.